The first-order chi connectivity index (χ1) is 16.6. The third-order valence-electron chi connectivity index (χ3n) is 5.76. The number of nitrogens with zero attached hydrogens (tertiary/aromatic N) is 3. The summed E-state index contributed by atoms with van der Waals surface area (Å²) >= 11 is 0. The molecule has 0 saturated carbocycles. The Morgan fingerprint density at radius 2 is 1.66 bits per heavy atom. The summed E-state index contributed by atoms with van der Waals surface area (Å²) in [6, 6.07) is 12.9. The zero-order valence-electron chi connectivity index (χ0n) is 20.3. The van der Waals surface area contributed by atoms with E-state index in [1.165, 1.54) is 21.1 Å². The minimum absolute atomic E-state index is 0.133. The van der Waals surface area contributed by atoms with E-state index < -0.39 is 15.9 Å². The molecule has 1 aliphatic rings. The maximum Gasteiger partial charge on any atom is 0.276 e. The highest BCUT2D eigenvalue weighted by molar-refractivity contribution is 7.89. The van der Waals surface area contributed by atoms with Gasteiger partial charge < -0.3 is 10.1 Å². The van der Waals surface area contributed by atoms with Crippen LogP contribution in [0, 0.1) is 5.92 Å². The second-order valence-corrected chi connectivity index (χ2v) is 11.3. The third-order valence-corrected chi connectivity index (χ3v) is 7.60. The van der Waals surface area contributed by atoms with Crippen LogP contribution < -0.4 is 10.9 Å². The minimum atomic E-state index is -3.69. The Labute approximate surface area is 204 Å². The monoisotopic (exact) mass is 498 g/mol. The van der Waals surface area contributed by atoms with Crippen molar-refractivity contribution in [3.05, 3.63) is 64.6 Å². The van der Waals surface area contributed by atoms with Crippen molar-refractivity contribution < 1.29 is 17.9 Å². The van der Waals surface area contributed by atoms with Crippen LogP contribution >= 0.6 is 0 Å². The lowest BCUT2D eigenvalue weighted by Gasteiger charge is -2.34. The highest BCUT2D eigenvalue weighted by Crippen LogP contribution is 2.23. The summed E-state index contributed by atoms with van der Waals surface area (Å²) in [5.41, 5.74) is 0.311. The minimum Gasteiger partial charge on any atom is -0.373 e. The summed E-state index contributed by atoms with van der Waals surface area (Å²) in [7, 11) is -3.69. The molecule has 2 heterocycles. The molecule has 0 aliphatic carbocycles. The smallest absolute Gasteiger partial charge is 0.276 e. The van der Waals surface area contributed by atoms with E-state index in [2.05, 4.69) is 10.4 Å². The van der Waals surface area contributed by atoms with Gasteiger partial charge in [-0.25, -0.2) is 13.1 Å². The lowest BCUT2D eigenvalue weighted by Crippen LogP contribution is -2.48. The summed E-state index contributed by atoms with van der Waals surface area (Å²) in [5.74, 6) is -0.311. The number of ether oxygens (including phenoxy) is 1. The van der Waals surface area contributed by atoms with Crippen molar-refractivity contribution in [1.29, 1.82) is 0 Å². The maximum atomic E-state index is 13.1. The molecule has 35 heavy (non-hydrogen) atoms. The molecular formula is C25H30N4O5S. The van der Waals surface area contributed by atoms with E-state index in [1.54, 1.807) is 36.4 Å². The number of carbonyl (C=O) groups excluding carboxylic acids is 1. The van der Waals surface area contributed by atoms with Crippen molar-refractivity contribution in [1.82, 2.24) is 14.1 Å². The Hall–Kier alpha value is -3.08. The first kappa shape index (κ1) is 25.0. The number of hydrogen-bond donors (Lipinski definition) is 1. The maximum absolute atomic E-state index is 13.1. The zero-order chi connectivity index (χ0) is 25.3. The number of hydrogen-bond acceptors (Lipinski definition) is 6. The van der Waals surface area contributed by atoms with Gasteiger partial charge in [0.15, 0.2) is 5.69 Å². The van der Waals surface area contributed by atoms with Crippen LogP contribution in [0.2, 0.25) is 0 Å². The van der Waals surface area contributed by atoms with Gasteiger partial charge in [0.05, 0.1) is 22.5 Å². The molecule has 1 saturated heterocycles. The van der Waals surface area contributed by atoms with E-state index in [4.69, 9.17) is 4.74 Å². The van der Waals surface area contributed by atoms with Crippen LogP contribution in [0.3, 0.4) is 0 Å². The number of sulfonamides is 1. The zero-order valence-corrected chi connectivity index (χ0v) is 21.1. The van der Waals surface area contributed by atoms with E-state index in [0.29, 0.717) is 23.0 Å². The fraction of sp³-hybridized carbons (Fsp3) is 0.400. The van der Waals surface area contributed by atoms with Crippen LogP contribution in [0.5, 0.6) is 0 Å². The number of anilines is 1. The first-order valence-electron chi connectivity index (χ1n) is 11.6. The molecule has 2 aromatic carbocycles. The second-order valence-electron chi connectivity index (χ2n) is 9.33. The Balaban J connectivity index is 1.59. The number of nitrogens with one attached hydrogen (secondary N) is 1. The van der Waals surface area contributed by atoms with Gasteiger partial charge in [-0.15, -0.1) is 0 Å². The van der Waals surface area contributed by atoms with Crippen molar-refractivity contribution >= 4 is 32.4 Å². The molecule has 1 N–H and O–H groups in total. The molecule has 1 aromatic heterocycles. The molecule has 1 amide bonds. The Morgan fingerprint density at radius 1 is 1.06 bits per heavy atom. The van der Waals surface area contributed by atoms with Gasteiger partial charge >= 0.3 is 0 Å². The number of aromatic nitrogens is 2. The summed E-state index contributed by atoms with van der Waals surface area (Å²) in [5, 5.41) is 8.01. The van der Waals surface area contributed by atoms with Crippen molar-refractivity contribution in [2.24, 2.45) is 5.92 Å². The van der Waals surface area contributed by atoms with Crippen LogP contribution in [0.15, 0.2) is 58.2 Å². The molecule has 1 aliphatic heterocycles. The molecule has 2 atom stereocenters. The molecule has 1 fully saturated rings. The van der Waals surface area contributed by atoms with E-state index in [-0.39, 0.29) is 47.4 Å². The molecule has 186 valence electrons. The Bertz CT molecular complexity index is 1390. The molecule has 0 spiro atoms. The fourth-order valence-corrected chi connectivity index (χ4v) is 5.84. The number of carbonyl (C=O) groups is 1. The third kappa shape index (κ3) is 5.29. The first-order valence-corrected chi connectivity index (χ1v) is 13.1. The molecule has 10 heteroatoms. The number of fused-ring (bicyclic) bond motifs is 1. The van der Waals surface area contributed by atoms with Gasteiger partial charge in [0.1, 0.15) is 0 Å². The summed E-state index contributed by atoms with van der Waals surface area (Å²) in [6.07, 6.45) is -0.373. The molecule has 9 nitrogen and oxygen atoms in total. The molecular weight excluding hydrogens is 468 g/mol. The highest BCUT2D eigenvalue weighted by atomic mass is 32.2. The topological polar surface area (TPSA) is 111 Å². The average molecular weight is 499 g/mol. The predicted molar refractivity (Wildman–Crippen MR) is 134 cm³/mol. The van der Waals surface area contributed by atoms with Crippen LogP contribution in [0.1, 0.15) is 38.2 Å². The molecule has 4 rings (SSSR count). The molecule has 3 aromatic rings. The standard InChI is InChI=1S/C25H30N4O5S/c1-16(2)13-29-25(31)22-8-6-5-7-21(22)23(27-29)24(30)26-19-9-11-20(12-10-19)35(32,33)28-14-17(3)34-18(4)15-28/h5-12,16-18H,13-15H2,1-4H3,(H,26,30). The van der Waals surface area contributed by atoms with E-state index in [9.17, 15) is 18.0 Å². The Morgan fingerprint density at radius 3 is 2.26 bits per heavy atom. The van der Waals surface area contributed by atoms with Crippen molar-refractivity contribution in [3.63, 3.8) is 0 Å². The fourth-order valence-electron chi connectivity index (χ4n) is 4.25. The van der Waals surface area contributed by atoms with Gasteiger partial charge in [-0.2, -0.15) is 9.40 Å². The van der Waals surface area contributed by atoms with Crippen LogP contribution in [0.4, 0.5) is 5.69 Å². The van der Waals surface area contributed by atoms with E-state index in [1.807, 2.05) is 27.7 Å². The van der Waals surface area contributed by atoms with Gasteiger partial charge in [0.25, 0.3) is 11.5 Å². The van der Waals surface area contributed by atoms with Gasteiger partial charge in [-0.3, -0.25) is 9.59 Å². The lowest BCUT2D eigenvalue weighted by molar-refractivity contribution is -0.0440. The van der Waals surface area contributed by atoms with Crippen LogP contribution in [-0.4, -0.2) is 53.7 Å². The number of morpholine rings is 1. The normalized spacial score (nSPS) is 19.2. The van der Waals surface area contributed by atoms with Gasteiger partial charge in [-0.05, 0) is 50.1 Å². The summed E-state index contributed by atoms with van der Waals surface area (Å²) in [6.45, 7) is 8.59. The Kier molecular flexibility index (Phi) is 7.07. The summed E-state index contributed by atoms with van der Waals surface area (Å²) in [4.78, 5) is 26.1. The lowest BCUT2D eigenvalue weighted by atomic mass is 10.1. The predicted octanol–water partition coefficient (Wildman–Crippen LogP) is 3.10. The average Bonchev–Trinajstić information content (AvgIpc) is 2.80. The number of rotatable bonds is 6. The van der Waals surface area contributed by atoms with Crippen molar-refractivity contribution in [2.45, 2.75) is 51.3 Å². The van der Waals surface area contributed by atoms with Crippen LogP contribution in [-0.2, 0) is 21.3 Å². The SMILES string of the molecule is CC(C)Cn1nc(C(=O)Nc2ccc(S(=O)(=O)N3CC(C)OC(C)C3)cc2)c2ccccc2c1=O. The second kappa shape index (κ2) is 9.88. The van der Waals surface area contributed by atoms with Crippen LogP contribution in [0.25, 0.3) is 10.8 Å². The van der Waals surface area contributed by atoms with E-state index in [0.717, 1.165) is 0 Å². The molecule has 0 bridgehead atoms. The van der Waals surface area contributed by atoms with Gasteiger partial charge in [-0.1, -0.05) is 32.0 Å². The van der Waals surface area contributed by atoms with Gasteiger partial charge in [0.2, 0.25) is 10.0 Å². The quantitative estimate of drug-likeness (QED) is 0.559. The summed E-state index contributed by atoms with van der Waals surface area (Å²) < 4.78 is 34.5. The van der Waals surface area contributed by atoms with Crippen molar-refractivity contribution in [2.75, 3.05) is 18.4 Å². The number of benzene rings is 2. The highest BCUT2D eigenvalue weighted by Gasteiger charge is 2.32. The molecule has 0 radical (unpaired) electrons. The number of amides is 1. The van der Waals surface area contributed by atoms with Gasteiger partial charge in [0, 0.05) is 30.7 Å². The van der Waals surface area contributed by atoms with Crippen molar-refractivity contribution in [3.8, 4) is 0 Å². The molecule has 2 unspecified atom stereocenters. The van der Waals surface area contributed by atoms with E-state index >= 15 is 0 Å². The largest absolute Gasteiger partial charge is 0.373 e.